The summed E-state index contributed by atoms with van der Waals surface area (Å²) in [6.07, 6.45) is 0. The van der Waals surface area contributed by atoms with Crippen molar-refractivity contribution in [2.24, 2.45) is 5.10 Å². The molecule has 0 saturated carbocycles. The molecule has 1 aromatic heterocycles. The van der Waals surface area contributed by atoms with Crippen LogP contribution in [0.2, 0.25) is 0 Å². The van der Waals surface area contributed by atoms with Crippen LogP contribution in [0.4, 0.5) is 5.69 Å². The topological polar surface area (TPSA) is 96.2 Å². The van der Waals surface area contributed by atoms with E-state index in [1.54, 1.807) is 18.2 Å². The SMILES string of the molecule is C/C(=N\NC(=O)c1cc(C(C)(C)C)[nH]n1)c1ccc(N)cc1. The summed E-state index contributed by atoms with van der Waals surface area (Å²) in [4.78, 5) is 12.1. The molecule has 0 aliphatic rings. The van der Waals surface area contributed by atoms with Crippen molar-refractivity contribution in [1.29, 1.82) is 0 Å². The van der Waals surface area contributed by atoms with Gasteiger partial charge in [-0.15, -0.1) is 0 Å². The molecule has 0 aliphatic heterocycles. The van der Waals surface area contributed by atoms with Crippen molar-refractivity contribution in [3.05, 3.63) is 47.3 Å². The van der Waals surface area contributed by atoms with Gasteiger partial charge in [-0.2, -0.15) is 10.2 Å². The predicted molar refractivity (Wildman–Crippen MR) is 87.8 cm³/mol. The molecule has 0 bridgehead atoms. The quantitative estimate of drug-likeness (QED) is 0.461. The molecule has 4 N–H and O–H groups in total. The van der Waals surface area contributed by atoms with Gasteiger partial charge in [0.25, 0.3) is 5.91 Å². The fraction of sp³-hybridized carbons (Fsp3) is 0.312. The summed E-state index contributed by atoms with van der Waals surface area (Å²) in [5, 5.41) is 11.0. The average molecular weight is 299 g/mol. The van der Waals surface area contributed by atoms with Crippen molar-refractivity contribution in [1.82, 2.24) is 15.6 Å². The van der Waals surface area contributed by atoms with E-state index in [0.717, 1.165) is 11.3 Å². The van der Waals surface area contributed by atoms with Crippen LogP contribution in [0, 0.1) is 0 Å². The first-order chi connectivity index (χ1) is 10.3. The Kier molecular flexibility index (Phi) is 4.30. The largest absolute Gasteiger partial charge is 0.399 e. The number of carbonyl (C=O) groups is 1. The van der Waals surface area contributed by atoms with Crippen molar-refractivity contribution in [2.45, 2.75) is 33.1 Å². The zero-order valence-electron chi connectivity index (χ0n) is 13.3. The van der Waals surface area contributed by atoms with Gasteiger partial charge in [0.1, 0.15) is 0 Å². The molecule has 0 spiro atoms. The van der Waals surface area contributed by atoms with Gasteiger partial charge in [0.05, 0.1) is 5.71 Å². The minimum atomic E-state index is -0.346. The lowest BCUT2D eigenvalue weighted by Gasteiger charge is -2.14. The van der Waals surface area contributed by atoms with Gasteiger partial charge >= 0.3 is 0 Å². The predicted octanol–water partition coefficient (Wildman–Crippen LogP) is 2.44. The molecule has 0 radical (unpaired) electrons. The van der Waals surface area contributed by atoms with Gasteiger partial charge in [-0.3, -0.25) is 9.89 Å². The molecule has 116 valence electrons. The number of anilines is 1. The van der Waals surface area contributed by atoms with Gasteiger partial charge < -0.3 is 5.73 Å². The van der Waals surface area contributed by atoms with Crippen molar-refractivity contribution < 1.29 is 4.79 Å². The first kappa shape index (κ1) is 15.8. The summed E-state index contributed by atoms with van der Waals surface area (Å²) < 4.78 is 0. The Morgan fingerprint density at radius 3 is 2.45 bits per heavy atom. The van der Waals surface area contributed by atoms with Crippen LogP contribution >= 0.6 is 0 Å². The number of hydrazone groups is 1. The molecule has 1 heterocycles. The Labute approximate surface area is 129 Å². The van der Waals surface area contributed by atoms with E-state index in [1.807, 2.05) is 39.8 Å². The summed E-state index contributed by atoms with van der Waals surface area (Å²) in [5.41, 5.74) is 11.6. The highest BCUT2D eigenvalue weighted by molar-refractivity contribution is 6.00. The number of hydrogen-bond donors (Lipinski definition) is 3. The summed E-state index contributed by atoms with van der Waals surface area (Å²) in [6.45, 7) is 7.96. The van der Waals surface area contributed by atoms with Crippen LogP contribution < -0.4 is 11.2 Å². The molecule has 1 aromatic carbocycles. The molecule has 6 nitrogen and oxygen atoms in total. The van der Waals surface area contributed by atoms with Crippen LogP contribution in [0.15, 0.2) is 35.4 Å². The Hall–Kier alpha value is -2.63. The van der Waals surface area contributed by atoms with Gasteiger partial charge in [0, 0.05) is 16.8 Å². The van der Waals surface area contributed by atoms with Crippen LogP contribution in [0.5, 0.6) is 0 Å². The van der Waals surface area contributed by atoms with Crippen LogP contribution in [0.1, 0.15) is 49.4 Å². The second kappa shape index (κ2) is 6.01. The Bertz CT molecular complexity index is 692. The van der Waals surface area contributed by atoms with Crippen LogP contribution in [-0.2, 0) is 5.41 Å². The van der Waals surface area contributed by atoms with Crippen molar-refractivity contribution in [3.8, 4) is 0 Å². The maximum absolute atomic E-state index is 12.1. The molecule has 0 atom stereocenters. The van der Waals surface area contributed by atoms with Gasteiger partial charge in [0.15, 0.2) is 5.69 Å². The highest BCUT2D eigenvalue weighted by Gasteiger charge is 2.19. The molecule has 22 heavy (non-hydrogen) atoms. The number of amides is 1. The first-order valence-corrected chi connectivity index (χ1v) is 7.04. The third kappa shape index (κ3) is 3.72. The van der Waals surface area contributed by atoms with Gasteiger partial charge in [-0.25, -0.2) is 5.43 Å². The highest BCUT2D eigenvalue weighted by Crippen LogP contribution is 2.20. The van der Waals surface area contributed by atoms with Gasteiger partial charge in [-0.05, 0) is 30.7 Å². The lowest BCUT2D eigenvalue weighted by atomic mass is 9.92. The first-order valence-electron chi connectivity index (χ1n) is 7.04. The van der Waals surface area contributed by atoms with Gasteiger partial charge in [-0.1, -0.05) is 32.9 Å². The Morgan fingerprint density at radius 2 is 1.91 bits per heavy atom. The fourth-order valence-corrected chi connectivity index (χ4v) is 1.80. The summed E-state index contributed by atoms with van der Waals surface area (Å²) >= 11 is 0. The number of hydrogen-bond acceptors (Lipinski definition) is 4. The van der Waals surface area contributed by atoms with Gasteiger partial charge in [0.2, 0.25) is 0 Å². The molecule has 2 rings (SSSR count). The minimum absolute atomic E-state index is 0.0886. The van der Waals surface area contributed by atoms with Crippen molar-refractivity contribution in [2.75, 3.05) is 5.73 Å². The minimum Gasteiger partial charge on any atom is -0.399 e. The van der Waals surface area contributed by atoms with E-state index in [4.69, 9.17) is 5.73 Å². The normalized spacial score (nSPS) is 12.3. The number of nitrogens with one attached hydrogen (secondary N) is 2. The monoisotopic (exact) mass is 299 g/mol. The summed E-state index contributed by atoms with van der Waals surface area (Å²) in [7, 11) is 0. The number of nitrogens with zero attached hydrogens (tertiary/aromatic N) is 2. The van der Waals surface area contributed by atoms with E-state index in [1.165, 1.54) is 0 Å². The van der Waals surface area contributed by atoms with E-state index in [0.29, 0.717) is 17.1 Å². The lowest BCUT2D eigenvalue weighted by Crippen LogP contribution is -2.19. The maximum Gasteiger partial charge on any atom is 0.291 e. The van der Waals surface area contributed by atoms with Crippen molar-refractivity contribution in [3.63, 3.8) is 0 Å². The molecule has 0 saturated heterocycles. The lowest BCUT2D eigenvalue weighted by molar-refractivity contribution is 0.0950. The molecule has 0 fully saturated rings. The standard InChI is InChI=1S/C16H21N5O/c1-10(11-5-7-12(17)8-6-11)18-21-15(22)13-9-14(20-19-13)16(2,3)4/h5-9H,17H2,1-4H3,(H,19,20)(H,21,22)/b18-10+. The second-order valence-corrected chi connectivity index (χ2v) is 6.18. The molecular formula is C16H21N5O. The fourth-order valence-electron chi connectivity index (χ4n) is 1.80. The molecule has 0 aliphatic carbocycles. The second-order valence-electron chi connectivity index (χ2n) is 6.18. The van der Waals surface area contributed by atoms with E-state index in [9.17, 15) is 4.79 Å². The van der Waals surface area contributed by atoms with E-state index < -0.39 is 0 Å². The summed E-state index contributed by atoms with van der Waals surface area (Å²) in [5.74, 6) is -0.346. The van der Waals surface area contributed by atoms with E-state index >= 15 is 0 Å². The third-order valence-electron chi connectivity index (χ3n) is 3.27. The number of carbonyl (C=O) groups excluding carboxylic acids is 1. The summed E-state index contributed by atoms with van der Waals surface area (Å²) in [6, 6.07) is 9.03. The molecular weight excluding hydrogens is 278 g/mol. The Balaban J connectivity index is 2.07. The number of benzene rings is 1. The van der Waals surface area contributed by atoms with Crippen LogP contribution in [0.3, 0.4) is 0 Å². The number of aromatic amines is 1. The molecule has 2 aromatic rings. The zero-order valence-corrected chi connectivity index (χ0v) is 13.3. The number of nitrogens with two attached hydrogens (primary N) is 1. The number of nitrogen functional groups attached to an aromatic ring is 1. The van der Waals surface area contributed by atoms with Crippen molar-refractivity contribution >= 4 is 17.3 Å². The number of H-pyrrole nitrogens is 1. The molecule has 1 amide bonds. The number of aromatic nitrogens is 2. The Morgan fingerprint density at radius 1 is 1.27 bits per heavy atom. The molecule has 6 heteroatoms. The number of rotatable bonds is 3. The van der Waals surface area contributed by atoms with E-state index in [-0.39, 0.29) is 11.3 Å². The van der Waals surface area contributed by atoms with Crippen LogP contribution in [-0.4, -0.2) is 21.8 Å². The molecule has 0 unspecified atom stereocenters. The van der Waals surface area contributed by atoms with Crippen LogP contribution in [0.25, 0.3) is 0 Å². The highest BCUT2D eigenvalue weighted by atomic mass is 16.2. The third-order valence-corrected chi connectivity index (χ3v) is 3.27. The zero-order chi connectivity index (χ0) is 16.3. The average Bonchev–Trinajstić information content (AvgIpc) is 2.95. The van der Waals surface area contributed by atoms with E-state index in [2.05, 4.69) is 20.7 Å². The smallest absolute Gasteiger partial charge is 0.291 e. The maximum atomic E-state index is 12.1.